The van der Waals surface area contributed by atoms with Crippen molar-refractivity contribution in [2.45, 2.75) is 25.4 Å². The van der Waals surface area contributed by atoms with Gasteiger partial charge < -0.3 is 10.6 Å². The first-order valence-electron chi connectivity index (χ1n) is 6.84. The molecular formula is C15H23N3S. The number of hydrogen-bond acceptors (Lipinski definition) is 3. The molecule has 0 aliphatic carbocycles. The quantitative estimate of drug-likeness (QED) is 0.851. The highest BCUT2D eigenvalue weighted by Gasteiger charge is 2.20. The standard InChI is InChI=1S/C15H23N3S/c1-17-9-3-4-14(11-17)18(2)10-12-5-7-13(8-6-12)15(16)19/h5-8,14H,3-4,9-11H2,1-2H3,(H2,16,19). The fourth-order valence-corrected chi connectivity index (χ4v) is 2.83. The molecule has 3 nitrogen and oxygen atoms in total. The van der Waals surface area contributed by atoms with E-state index in [0.29, 0.717) is 11.0 Å². The summed E-state index contributed by atoms with van der Waals surface area (Å²) in [5.74, 6) is 0. The number of piperidine rings is 1. The maximum atomic E-state index is 5.61. The molecule has 4 heteroatoms. The van der Waals surface area contributed by atoms with Crippen molar-refractivity contribution in [1.82, 2.24) is 9.80 Å². The highest BCUT2D eigenvalue weighted by molar-refractivity contribution is 7.80. The van der Waals surface area contributed by atoms with E-state index in [1.165, 1.54) is 31.5 Å². The molecule has 0 spiro atoms. The van der Waals surface area contributed by atoms with Crippen LogP contribution >= 0.6 is 12.2 Å². The second-order valence-corrected chi connectivity index (χ2v) is 5.97. The van der Waals surface area contributed by atoms with Gasteiger partial charge >= 0.3 is 0 Å². The third-order valence-electron chi connectivity index (χ3n) is 3.89. The van der Waals surface area contributed by atoms with Gasteiger partial charge in [-0.3, -0.25) is 4.90 Å². The molecule has 0 radical (unpaired) electrons. The second-order valence-electron chi connectivity index (χ2n) is 5.53. The van der Waals surface area contributed by atoms with Crippen molar-refractivity contribution in [2.75, 3.05) is 27.2 Å². The summed E-state index contributed by atoms with van der Waals surface area (Å²) >= 11 is 4.97. The van der Waals surface area contributed by atoms with E-state index in [-0.39, 0.29) is 0 Å². The number of thiocarbonyl (C=S) groups is 1. The number of rotatable bonds is 4. The summed E-state index contributed by atoms with van der Waals surface area (Å²) in [6.07, 6.45) is 2.59. The lowest BCUT2D eigenvalue weighted by Gasteiger charge is -2.35. The Balaban J connectivity index is 1.94. The van der Waals surface area contributed by atoms with Crippen LogP contribution in [-0.2, 0) is 6.54 Å². The smallest absolute Gasteiger partial charge is 0.103 e. The molecule has 0 amide bonds. The zero-order chi connectivity index (χ0) is 13.8. The number of nitrogens with zero attached hydrogens (tertiary/aromatic N) is 2. The monoisotopic (exact) mass is 277 g/mol. The molecule has 1 aromatic rings. The Morgan fingerprint density at radius 1 is 1.42 bits per heavy atom. The highest BCUT2D eigenvalue weighted by atomic mass is 32.1. The van der Waals surface area contributed by atoms with E-state index in [1.807, 2.05) is 12.1 Å². The molecule has 2 N–H and O–H groups in total. The van der Waals surface area contributed by atoms with Crippen LogP contribution in [0.4, 0.5) is 0 Å². The van der Waals surface area contributed by atoms with Crippen LogP contribution in [0.3, 0.4) is 0 Å². The minimum atomic E-state index is 0.466. The van der Waals surface area contributed by atoms with Crippen molar-refractivity contribution in [1.29, 1.82) is 0 Å². The second kappa shape index (κ2) is 6.46. The fourth-order valence-electron chi connectivity index (χ4n) is 2.69. The minimum Gasteiger partial charge on any atom is -0.389 e. The first-order valence-corrected chi connectivity index (χ1v) is 7.24. The molecule has 1 heterocycles. The Hall–Kier alpha value is -0.970. The molecule has 0 bridgehead atoms. The summed E-state index contributed by atoms with van der Waals surface area (Å²) < 4.78 is 0. The summed E-state index contributed by atoms with van der Waals surface area (Å²) in [4.78, 5) is 5.33. The van der Waals surface area contributed by atoms with Crippen LogP contribution in [0.25, 0.3) is 0 Å². The summed E-state index contributed by atoms with van der Waals surface area (Å²) in [5.41, 5.74) is 7.87. The Kier molecular flexibility index (Phi) is 4.91. The molecule has 2 rings (SSSR count). The first-order chi connectivity index (χ1) is 9.06. The lowest BCUT2D eigenvalue weighted by atomic mass is 10.0. The van der Waals surface area contributed by atoms with Crippen LogP contribution in [0.15, 0.2) is 24.3 Å². The van der Waals surface area contributed by atoms with E-state index >= 15 is 0 Å². The van der Waals surface area contributed by atoms with Gasteiger partial charge in [0.2, 0.25) is 0 Å². The molecule has 1 unspecified atom stereocenters. The van der Waals surface area contributed by atoms with Crippen LogP contribution in [0.5, 0.6) is 0 Å². The van der Waals surface area contributed by atoms with Gasteiger partial charge in [-0.25, -0.2) is 0 Å². The van der Waals surface area contributed by atoms with Gasteiger partial charge in [0.25, 0.3) is 0 Å². The predicted octanol–water partition coefficient (Wildman–Crippen LogP) is 1.85. The number of benzene rings is 1. The van der Waals surface area contributed by atoms with E-state index in [1.54, 1.807) is 0 Å². The lowest BCUT2D eigenvalue weighted by Crippen LogP contribution is -2.44. The van der Waals surface area contributed by atoms with Crippen molar-refractivity contribution >= 4 is 17.2 Å². The predicted molar refractivity (Wildman–Crippen MR) is 84.3 cm³/mol. The van der Waals surface area contributed by atoms with Gasteiger partial charge in [0.1, 0.15) is 4.99 Å². The van der Waals surface area contributed by atoms with E-state index < -0.39 is 0 Å². The van der Waals surface area contributed by atoms with Crippen LogP contribution in [0.1, 0.15) is 24.0 Å². The van der Waals surface area contributed by atoms with E-state index in [4.69, 9.17) is 18.0 Å². The van der Waals surface area contributed by atoms with Gasteiger partial charge in [-0.15, -0.1) is 0 Å². The third kappa shape index (κ3) is 4.00. The fraction of sp³-hybridized carbons (Fsp3) is 0.533. The molecule has 0 aromatic heterocycles. The van der Waals surface area contributed by atoms with Crippen molar-refractivity contribution in [3.05, 3.63) is 35.4 Å². The molecule has 1 aliphatic heterocycles. The Labute approximate surface area is 121 Å². The third-order valence-corrected chi connectivity index (χ3v) is 4.13. The van der Waals surface area contributed by atoms with Gasteiger partial charge in [0, 0.05) is 24.7 Å². The van der Waals surface area contributed by atoms with Crippen molar-refractivity contribution < 1.29 is 0 Å². The molecule has 19 heavy (non-hydrogen) atoms. The molecule has 1 aromatic carbocycles. The van der Waals surface area contributed by atoms with Gasteiger partial charge in [0.15, 0.2) is 0 Å². The summed E-state index contributed by atoms with van der Waals surface area (Å²) in [5, 5.41) is 0. The normalized spacial score (nSPS) is 20.7. The average molecular weight is 277 g/mol. The zero-order valence-electron chi connectivity index (χ0n) is 11.8. The zero-order valence-corrected chi connectivity index (χ0v) is 12.6. The number of likely N-dealkylation sites (tertiary alicyclic amines) is 1. The molecule has 0 saturated carbocycles. The van der Waals surface area contributed by atoms with E-state index in [2.05, 4.69) is 36.0 Å². The maximum Gasteiger partial charge on any atom is 0.103 e. The largest absolute Gasteiger partial charge is 0.389 e. The molecule has 1 saturated heterocycles. The summed E-state index contributed by atoms with van der Waals surface area (Å²) in [6, 6.07) is 8.93. The Morgan fingerprint density at radius 3 is 2.68 bits per heavy atom. The van der Waals surface area contributed by atoms with E-state index in [9.17, 15) is 0 Å². The average Bonchev–Trinajstić information content (AvgIpc) is 2.39. The minimum absolute atomic E-state index is 0.466. The van der Waals surface area contributed by atoms with Gasteiger partial charge in [0.05, 0.1) is 0 Å². The number of nitrogens with two attached hydrogens (primary N) is 1. The van der Waals surface area contributed by atoms with Gasteiger partial charge in [-0.2, -0.15) is 0 Å². The highest BCUT2D eigenvalue weighted by Crippen LogP contribution is 2.16. The maximum absolute atomic E-state index is 5.61. The van der Waals surface area contributed by atoms with Gasteiger partial charge in [-0.1, -0.05) is 36.5 Å². The summed E-state index contributed by atoms with van der Waals surface area (Å²) in [6.45, 7) is 3.38. The van der Waals surface area contributed by atoms with Crippen LogP contribution in [-0.4, -0.2) is 48.0 Å². The van der Waals surface area contributed by atoms with Crippen molar-refractivity contribution in [3.8, 4) is 0 Å². The molecular weight excluding hydrogens is 254 g/mol. The van der Waals surface area contributed by atoms with Crippen molar-refractivity contribution in [2.24, 2.45) is 5.73 Å². The Bertz CT molecular complexity index is 430. The van der Waals surface area contributed by atoms with E-state index in [0.717, 1.165) is 12.1 Å². The Morgan fingerprint density at radius 2 is 2.11 bits per heavy atom. The van der Waals surface area contributed by atoms with Crippen LogP contribution in [0.2, 0.25) is 0 Å². The number of likely N-dealkylation sites (N-methyl/N-ethyl adjacent to an activating group) is 2. The molecule has 1 aliphatic rings. The van der Waals surface area contributed by atoms with Crippen LogP contribution < -0.4 is 5.73 Å². The van der Waals surface area contributed by atoms with Crippen LogP contribution in [0, 0.1) is 0 Å². The molecule has 104 valence electrons. The van der Waals surface area contributed by atoms with Gasteiger partial charge in [-0.05, 0) is 39.0 Å². The topological polar surface area (TPSA) is 32.5 Å². The molecule has 1 atom stereocenters. The van der Waals surface area contributed by atoms with Crippen molar-refractivity contribution in [3.63, 3.8) is 0 Å². The number of hydrogen-bond donors (Lipinski definition) is 1. The molecule has 1 fully saturated rings. The first kappa shape index (κ1) is 14.4. The lowest BCUT2D eigenvalue weighted by molar-refractivity contribution is 0.129. The summed E-state index contributed by atoms with van der Waals surface area (Å²) in [7, 11) is 4.42. The SMILES string of the molecule is CN1CCCC(N(C)Cc2ccc(C(N)=S)cc2)C1.